The Bertz CT molecular complexity index is 282. The van der Waals surface area contributed by atoms with E-state index in [1.54, 1.807) is 6.20 Å². The second-order valence-corrected chi connectivity index (χ2v) is 2.50. The number of rotatable bonds is 1. The monoisotopic (exact) mass is 160 g/mol. The fraction of sp³-hybridized carbons (Fsp3) is 0.300. The van der Waals surface area contributed by atoms with Gasteiger partial charge in [0.15, 0.2) is 0 Å². The second kappa shape index (κ2) is 4.53. The van der Waals surface area contributed by atoms with Gasteiger partial charge in [-0.25, -0.2) is 4.98 Å². The lowest BCUT2D eigenvalue weighted by Gasteiger charge is -1.94. The molecule has 12 heavy (non-hydrogen) atoms. The van der Waals surface area contributed by atoms with Gasteiger partial charge in [0.25, 0.3) is 0 Å². The van der Waals surface area contributed by atoms with E-state index in [9.17, 15) is 0 Å². The van der Waals surface area contributed by atoms with Crippen LogP contribution in [0.2, 0.25) is 0 Å². The summed E-state index contributed by atoms with van der Waals surface area (Å²) in [6.07, 6.45) is 2.60. The molecule has 1 rings (SSSR count). The summed E-state index contributed by atoms with van der Waals surface area (Å²) in [4.78, 5) is 4.06. The van der Waals surface area contributed by atoms with Crippen LogP contribution >= 0.6 is 0 Å². The summed E-state index contributed by atoms with van der Waals surface area (Å²) in [7, 11) is 0. The summed E-state index contributed by atoms with van der Waals surface area (Å²) in [5.74, 6) is 5.82. The van der Waals surface area contributed by atoms with Crippen LogP contribution in [-0.2, 0) is 0 Å². The fourth-order valence-electron chi connectivity index (χ4n) is 0.705. The van der Waals surface area contributed by atoms with E-state index in [0.717, 1.165) is 12.1 Å². The minimum atomic E-state index is -0.0352. The zero-order valence-corrected chi connectivity index (χ0v) is 7.12. The van der Waals surface area contributed by atoms with Gasteiger partial charge in [-0.3, -0.25) is 0 Å². The molecule has 0 aromatic carbocycles. The molecule has 0 saturated heterocycles. The zero-order valence-electron chi connectivity index (χ0n) is 7.12. The molecule has 2 heteroatoms. The van der Waals surface area contributed by atoms with Crippen LogP contribution in [0.3, 0.4) is 0 Å². The highest BCUT2D eigenvalue weighted by molar-refractivity contribution is 5.28. The van der Waals surface area contributed by atoms with Crippen molar-refractivity contribution in [3.05, 3.63) is 30.1 Å². The summed E-state index contributed by atoms with van der Waals surface area (Å²) in [6.45, 7) is 2.01. The predicted octanol–water partition coefficient (Wildman–Crippen LogP) is 1.17. The molecule has 0 aliphatic carbocycles. The number of pyridine rings is 1. The average Bonchev–Trinajstić information content (AvgIpc) is 2.16. The van der Waals surface area contributed by atoms with Crippen LogP contribution in [0.25, 0.3) is 0 Å². The standard InChI is InChI=1S/C10H12N2/c1-2-9(11)6-7-10-5-3-4-8-12-10/h3-5,8-9H,2,11H2,1H3. The lowest BCUT2D eigenvalue weighted by Crippen LogP contribution is -2.15. The molecule has 1 aromatic rings. The van der Waals surface area contributed by atoms with Crippen LogP contribution in [0, 0.1) is 11.8 Å². The quantitative estimate of drug-likeness (QED) is 0.626. The number of nitrogens with two attached hydrogens (primary N) is 1. The first-order chi connectivity index (χ1) is 5.83. The average molecular weight is 160 g/mol. The summed E-state index contributed by atoms with van der Waals surface area (Å²) in [5, 5.41) is 0. The number of aromatic nitrogens is 1. The number of hydrogen-bond donors (Lipinski definition) is 1. The molecule has 1 atom stereocenters. The molecular weight excluding hydrogens is 148 g/mol. The van der Waals surface area contributed by atoms with Crippen molar-refractivity contribution in [1.82, 2.24) is 4.98 Å². The van der Waals surface area contributed by atoms with Crippen LogP contribution < -0.4 is 5.73 Å². The Morgan fingerprint density at radius 3 is 3.00 bits per heavy atom. The van der Waals surface area contributed by atoms with Gasteiger partial charge in [0.2, 0.25) is 0 Å². The highest BCUT2D eigenvalue weighted by Gasteiger charge is 1.89. The number of hydrogen-bond acceptors (Lipinski definition) is 2. The van der Waals surface area contributed by atoms with Crippen molar-refractivity contribution in [2.75, 3.05) is 0 Å². The minimum absolute atomic E-state index is 0.0352. The van der Waals surface area contributed by atoms with Crippen molar-refractivity contribution in [3.8, 4) is 11.8 Å². The first-order valence-corrected chi connectivity index (χ1v) is 4.01. The predicted molar refractivity (Wildman–Crippen MR) is 49.4 cm³/mol. The van der Waals surface area contributed by atoms with Crippen molar-refractivity contribution in [1.29, 1.82) is 0 Å². The van der Waals surface area contributed by atoms with E-state index >= 15 is 0 Å². The molecule has 2 nitrogen and oxygen atoms in total. The van der Waals surface area contributed by atoms with Crippen LogP contribution in [-0.4, -0.2) is 11.0 Å². The Morgan fingerprint density at radius 2 is 2.42 bits per heavy atom. The second-order valence-electron chi connectivity index (χ2n) is 2.50. The van der Waals surface area contributed by atoms with Crippen molar-refractivity contribution >= 4 is 0 Å². The molecule has 0 bridgehead atoms. The molecule has 1 aromatic heterocycles. The van der Waals surface area contributed by atoms with E-state index in [-0.39, 0.29) is 6.04 Å². The van der Waals surface area contributed by atoms with Gasteiger partial charge in [-0.15, -0.1) is 0 Å². The van der Waals surface area contributed by atoms with Gasteiger partial charge >= 0.3 is 0 Å². The summed E-state index contributed by atoms with van der Waals surface area (Å²) < 4.78 is 0. The topological polar surface area (TPSA) is 38.9 Å². The van der Waals surface area contributed by atoms with E-state index in [0.29, 0.717) is 0 Å². The van der Waals surface area contributed by atoms with Crippen molar-refractivity contribution in [2.45, 2.75) is 19.4 Å². The van der Waals surface area contributed by atoms with Gasteiger partial charge in [0.1, 0.15) is 5.69 Å². The molecule has 0 aliphatic heterocycles. The highest BCUT2D eigenvalue weighted by atomic mass is 14.7. The smallest absolute Gasteiger partial charge is 0.113 e. The minimum Gasteiger partial charge on any atom is -0.318 e. The Kier molecular flexibility index (Phi) is 3.31. The van der Waals surface area contributed by atoms with Gasteiger partial charge in [0, 0.05) is 6.20 Å². The molecule has 0 spiro atoms. The first-order valence-electron chi connectivity index (χ1n) is 4.01. The third-order valence-corrected chi connectivity index (χ3v) is 1.49. The molecule has 2 N–H and O–H groups in total. The summed E-state index contributed by atoms with van der Waals surface area (Å²) in [6, 6.07) is 5.61. The van der Waals surface area contributed by atoms with Crippen LogP contribution in [0.4, 0.5) is 0 Å². The Hall–Kier alpha value is -1.33. The maximum Gasteiger partial charge on any atom is 0.113 e. The van der Waals surface area contributed by atoms with Gasteiger partial charge in [-0.2, -0.15) is 0 Å². The lowest BCUT2D eigenvalue weighted by atomic mass is 10.2. The maximum atomic E-state index is 5.62. The molecule has 0 amide bonds. The number of nitrogens with zero attached hydrogens (tertiary/aromatic N) is 1. The van der Waals surface area contributed by atoms with Crippen LogP contribution in [0.1, 0.15) is 19.0 Å². The van der Waals surface area contributed by atoms with Gasteiger partial charge < -0.3 is 5.73 Å². The first kappa shape index (κ1) is 8.76. The Balaban J connectivity index is 2.67. The molecule has 1 heterocycles. The van der Waals surface area contributed by atoms with Crippen molar-refractivity contribution < 1.29 is 0 Å². The van der Waals surface area contributed by atoms with Crippen molar-refractivity contribution in [2.24, 2.45) is 5.73 Å². The van der Waals surface area contributed by atoms with E-state index in [1.807, 2.05) is 25.1 Å². The third kappa shape index (κ3) is 2.73. The van der Waals surface area contributed by atoms with E-state index in [2.05, 4.69) is 16.8 Å². The molecule has 0 aliphatic rings. The lowest BCUT2D eigenvalue weighted by molar-refractivity contribution is 0.806. The van der Waals surface area contributed by atoms with Crippen molar-refractivity contribution in [3.63, 3.8) is 0 Å². The van der Waals surface area contributed by atoms with Crippen LogP contribution in [0.5, 0.6) is 0 Å². The van der Waals surface area contributed by atoms with Crippen LogP contribution in [0.15, 0.2) is 24.4 Å². The molecule has 62 valence electrons. The highest BCUT2D eigenvalue weighted by Crippen LogP contribution is 1.90. The van der Waals surface area contributed by atoms with E-state index < -0.39 is 0 Å². The molecule has 0 radical (unpaired) electrons. The third-order valence-electron chi connectivity index (χ3n) is 1.49. The maximum absolute atomic E-state index is 5.62. The molecule has 0 saturated carbocycles. The Morgan fingerprint density at radius 1 is 1.58 bits per heavy atom. The van der Waals surface area contributed by atoms with Gasteiger partial charge in [-0.05, 0) is 24.5 Å². The van der Waals surface area contributed by atoms with Gasteiger partial charge in [-0.1, -0.05) is 18.9 Å². The molecular formula is C10H12N2. The summed E-state index contributed by atoms with van der Waals surface area (Å²) >= 11 is 0. The van der Waals surface area contributed by atoms with E-state index in [4.69, 9.17) is 5.73 Å². The largest absolute Gasteiger partial charge is 0.318 e. The Labute approximate surface area is 72.8 Å². The fourth-order valence-corrected chi connectivity index (χ4v) is 0.705. The normalized spacial score (nSPS) is 11.5. The molecule has 1 unspecified atom stereocenters. The summed E-state index contributed by atoms with van der Waals surface area (Å²) in [5.41, 5.74) is 6.40. The molecule has 0 fully saturated rings. The van der Waals surface area contributed by atoms with Gasteiger partial charge in [0.05, 0.1) is 6.04 Å². The SMILES string of the molecule is CCC(N)C#Cc1ccccn1. The van der Waals surface area contributed by atoms with E-state index in [1.165, 1.54) is 0 Å². The zero-order chi connectivity index (χ0) is 8.81.